The summed E-state index contributed by atoms with van der Waals surface area (Å²) in [5.41, 5.74) is 12.4. The number of anilines is 1. The zero-order valence-electron chi connectivity index (χ0n) is 32.6. The zero-order chi connectivity index (χ0) is 38.2. The molecule has 4 aromatic carbocycles. The van der Waals surface area contributed by atoms with E-state index in [0.717, 1.165) is 84.2 Å². The molecule has 278 valence electrons. The van der Waals surface area contributed by atoms with Gasteiger partial charge in [-0.3, -0.25) is 4.98 Å². The molecular weight excluding hydrogens is 844 g/mol. The minimum absolute atomic E-state index is 0. The molecule has 6 heteroatoms. The number of benzene rings is 4. The maximum atomic E-state index is 11.7. The maximum absolute atomic E-state index is 11.7. The number of aromatic hydroxyl groups is 1. The predicted octanol–water partition coefficient (Wildman–Crippen LogP) is 12.2. The Morgan fingerprint density at radius 2 is 1.50 bits per heavy atom. The van der Waals surface area contributed by atoms with E-state index in [-0.39, 0.29) is 37.6 Å². The van der Waals surface area contributed by atoms with E-state index in [2.05, 4.69) is 132 Å². The van der Waals surface area contributed by atoms with Gasteiger partial charge in [0.05, 0.1) is 16.6 Å². The summed E-state index contributed by atoms with van der Waals surface area (Å²) in [5.74, 6) is 0.990. The van der Waals surface area contributed by atoms with Gasteiger partial charge in [-0.25, -0.2) is 4.98 Å². The van der Waals surface area contributed by atoms with Crippen molar-refractivity contribution in [2.24, 2.45) is 7.05 Å². The Hall–Kier alpha value is -5.25. The molecule has 0 unspecified atom stereocenters. The van der Waals surface area contributed by atoms with Crippen LogP contribution in [0.15, 0.2) is 140 Å². The number of hydrogen-bond donors (Lipinski definition) is 1. The Morgan fingerprint density at radius 1 is 0.815 bits per heavy atom. The standard InChI is InChI=1S/C48H49N4O.Pt/c1-12-31(3)52(37-21-15-14-16-22-37)32(4)38(13-2)34-25-26-49-42(28-34)35-20-17-19-33(27-35)39-23-18-24-43-44(39)50-46(51(43)11)40-29-36(47(5,6)7)30-41(45(40)53)48(8,9)10;/h12-26,28-30,53H,1-3H2,4-11H3;/q-1;/b38-32-;. The van der Waals surface area contributed by atoms with Crippen molar-refractivity contribution in [2.45, 2.75) is 59.3 Å². The first-order chi connectivity index (χ1) is 25.1. The fourth-order valence-electron chi connectivity index (χ4n) is 6.84. The van der Waals surface area contributed by atoms with Crippen LogP contribution in [0, 0.1) is 6.07 Å². The van der Waals surface area contributed by atoms with Crippen LogP contribution in [-0.4, -0.2) is 19.6 Å². The Kier molecular flexibility index (Phi) is 11.6. The average molecular weight is 893 g/mol. The molecule has 0 bridgehead atoms. The fraction of sp³-hybridized carbons (Fsp3) is 0.208. The maximum Gasteiger partial charge on any atom is 0.143 e. The molecule has 0 radical (unpaired) electrons. The van der Waals surface area contributed by atoms with Crippen LogP contribution < -0.4 is 4.90 Å². The van der Waals surface area contributed by atoms with E-state index in [4.69, 9.17) is 9.97 Å². The number of allylic oxidation sites excluding steroid dienone is 4. The number of rotatable bonds is 9. The monoisotopic (exact) mass is 892 g/mol. The number of phenols is 1. The van der Waals surface area contributed by atoms with E-state index in [0.29, 0.717) is 0 Å². The van der Waals surface area contributed by atoms with Gasteiger partial charge in [-0.1, -0.05) is 121 Å². The van der Waals surface area contributed by atoms with Gasteiger partial charge in [0.15, 0.2) is 0 Å². The molecular formula is C48H49N4OPt-. The van der Waals surface area contributed by atoms with E-state index in [1.54, 1.807) is 6.08 Å². The van der Waals surface area contributed by atoms with E-state index in [1.807, 2.05) is 61.8 Å². The largest absolute Gasteiger partial charge is 0.507 e. The molecule has 0 aliphatic carbocycles. The number of aromatic nitrogens is 3. The van der Waals surface area contributed by atoms with E-state index in [9.17, 15) is 5.11 Å². The molecule has 0 spiro atoms. The first-order valence-electron chi connectivity index (χ1n) is 18.0. The molecule has 2 aromatic heterocycles. The third-order valence-corrected chi connectivity index (χ3v) is 9.84. The second-order valence-electron chi connectivity index (χ2n) is 15.6. The van der Waals surface area contributed by atoms with E-state index >= 15 is 0 Å². The van der Waals surface area contributed by atoms with Crippen LogP contribution in [0.1, 0.15) is 65.2 Å². The number of imidazole rings is 1. The Balaban J connectivity index is 0.00000561. The molecule has 0 aliphatic heterocycles. The van der Waals surface area contributed by atoms with Crippen LogP contribution in [0.5, 0.6) is 5.75 Å². The van der Waals surface area contributed by atoms with Crippen molar-refractivity contribution < 1.29 is 26.2 Å². The summed E-state index contributed by atoms with van der Waals surface area (Å²) >= 11 is 0. The second-order valence-corrected chi connectivity index (χ2v) is 15.6. The van der Waals surface area contributed by atoms with Crippen molar-refractivity contribution in [3.63, 3.8) is 0 Å². The predicted molar refractivity (Wildman–Crippen MR) is 224 cm³/mol. The summed E-state index contributed by atoms with van der Waals surface area (Å²) in [7, 11) is 2.01. The summed E-state index contributed by atoms with van der Waals surface area (Å²) < 4.78 is 2.08. The first kappa shape index (κ1) is 39.9. The van der Waals surface area contributed by atoms with Crippen molar-refractivity contribution in [2.75, 3.05) is 4.90 Å². The summed E-state index contributed by atoms with van der Waals surface area (Å²) in [6.45, 7) is 27.5. The Bertz CT molecular complexity index is 2400. The molecule has 5 nitrogen and oxygen atoms in total. The zero-order valence-corrected chi connectivity index (χ0v) is 34.8. The normalized spacial score (nSPS) is 12.1. The van der Waals surface area contributed by atoms with Gasteiger partial charge in [-0.2, -0.15) is 0 Å². The van der Waals surface area contributed by atoms with Crippen LogP contribution in [0.4, 0.5) is 5.69 Å². The number of aryl methyl sites for hydroxylation is 1. The number of phenolic OH excluding ortho intramolecular Hbond substituents is 1. The number of hydrogen-bond acceptors (Lipinski definition) is 4. The van der Waals surface area contributed by atoms with E-state index in [1.165, 1.54) is 0 Å². The molecule has 1 N–H and O–H groups in total. The Morgan fingerprint density at radius 3 is 2.15 bits per heavy atom. The molecule has 0 fully saturated rings. The van der Waals surface area contributed by atoms with Crippen LogP contribution in [0.3, 0.4) is 0 Å². The molecule has 0 amide bonds. The van der Waals surface area contributed by atoms with Gasteiger partial charge in [0.2, 0.25) is 0 Å². The van der Waals surface area contributed by atoms with Gasteiger partial charge >= 0.3 is 0 Å². The van der Waals surface area contributed by atoms with Crippen molar-refractivity contribution >= 4 is 22.3 Å². The van der Waals surface area contributed by atoms with Gasteiger partial charge in [0.25, 0.3) is 0 Å². The third kappa shape index (κ3) is 7.70. The average Bonchev–Trinajstić information content (AvgIpc) is 3.47. The Labute approximate surface area is 335 Å². The fourth-order valence-corrected chi connectivity index (χ4v) is 6.84. The van der Waals surface area contributed by atoms with Crippen LogP contribution in [0.25, 0.3) is 50.4 Å². The van der Waals surface area contributed by atoms with Gasteiger partial charge in [-0.05, 0) is 65.3 Å². The number of nitrogens with zero attached hydrogens (tertiary/aromatic N) is 4. The number of pyridine rings is 1. The van der Waals surface area contributed by atoms with Gasteiger partial charge in [0, 0.05) is 68.2 Å². The number of fused-ring (bicyclic) bond motifs is 1. The summed E-state index contributed by atoms with van der Waals surface area (Å²) in [4.78, 5) is 12.1. The van der Waals surface area contributed by atoms with Gasteiger partial charge < -0.3 is 14.6 Å². The smallest absolute Gasteiger partial charge is 0.143 e. The third-order valence-electron chi connectivity index (χ3n) is 9.84. The molecule has 0 saturated heterocycles. The molecule has 54 heavy (non-hydrogen) atoms. The topological polar surface area (TPSA) is 54.2 Å². The van der Waals surface area contributed by atoms with Crippen molar-refractivity contribution in [1.29, 1.82) is 0 Å². The SMILES string of the molecule is C=CC(=C)N(/C(C)=C(/C=C)c1ccnc(-c2[c-]c(-c3cccc4c3nc(-c3cc(C(C)(C)C)cc(C(C)(C)C)c3O)n4C)ccc2)c1)c1ccccc1.[Pt]. The van der Waals surface area contributed by atoms with Crippen molar-refractivity contribution in [3.05, 3.63) is 163 Å². The van der Waals surface area contributed by atoms with Gasteiger partial charge in [-0.15, -0.1) is 29.8 Å². The number of para-hydroxylation sites is 2. The molecule has 2 heterocycles. The molecule has 0 atom stereocenters. The summed E-state index contributed by atoms with van der Waals surface area (Å²) in [5, 5.41) is 11.7. The second kappa shape index (κ2) is 15.6. The quantitative estimate of drug-likeness (QED) is 0.116. The van der Waals surface area contributed by atoms with Crippen LogP contribution >= 0.6 is 0 Å². The minimum atomic E-state index is -0.251. The molecule has 0 saturated carbocycles. The summed E-state index contributed by atoms with van der Waals surface area (Å²) in [6, 6.07) is 34.4. The van der Waals surface area contributed by atoms with Gasteiger partial charge in [0.1, 0.15) is 11.6 Å². The molecule has 0 aliphatic rings. The van der Waals surface area contributed by atoms with Crippen LogP contribution in [0.2, 0.25) is 0 Å². The summed E-state index contributed by atoms with van der Waals surface area (Å²) in [6.07, 6.45) is 5.46. The van der Waals surface area contributed by atoms with Crippen LogP contribution in [-0.2, 0) is 38.9 Å². The molecule has 6 rings (SSSR count). The molecule has 6 aromatic rings. The first-order valence-corrected chi connectivity index (χ1v) is 18.0. The minimum Gasteiger partial charge on any atom is -0.507 e. The van der Waals surface area contributed by atoms with Crippen molar-refractivity contribution in [3.8, 4) is 39.5 Å². The van der Waals surface area contributed by atoms with E-state index < -0.39 is 0 Å². The van der Waals surface area contributed by atoms with Crippen molar-refractivity contribution in [1.82, 2.24) is 14.5 Å².